The maximum absolute atomic E-state index is 13.4. The van der Waals surface area contributed by atoms with Crippen LogP contribution in [0.1, 0.15) is 23.1 Å². The summed E-state index contributed by atoms with van der Waals surface area (Å²) in [5, 5.41) is 3.58. The second-order valence-corrected chi connectivity index (χ2v) is 11.4. The Morgan fingerprint density at radius 3 is 2.70 bits per heavy atom. The summed E-state index contributed by atoms with van der Waals surface area (Å²) in [6, 6.07) is 12.4. The van der Waals surface area contributed by atoms with Crippen LogP contribution in [-0.4, -0.2) is 18.0 Å². The molecule has 0 bridgehead atoms. The molecule has 192 valence electrons. The van der Waals surface area contributed by atoms with Crippen LogP contribution >= 0.6 is 34.4 Å². The van der Waals surface area contributed by atoms with Crippen LogP contribution in [0.4, 0.5) is 18.9 Å². The number of benzene rings is 2. The van der Waals surface area contributed by atoms with Crippen molar-refractivity contribution in [3.8, 4) is 5.75 Å². The van der Waals surface area contributed by atoms with Crippen LogP contribution < -0.4 is 29.0 Å². The Hall–Kier alpha value is -3.02. The average Bonchev–Trinajstić information content (AvgIpc) is 3.50. The molecule has 11 heteroatoms. The molecule has 0 N–H and O–H groups in total. The van der Waals surface area contributed by atoms with Gasteiger partial charge in [0.05, 0.1) is 22.7 Å². The highest BCUT2D eigenvalue weighted by Crippen LogP contribution is 2.45. The van der Waals surface area contributed by atoms with Crippen molar-refractivity contribution in [1.29, 1.82) is 0 Å². The number of nitrogens with zero attached hydrogens (tertiary/aromatic N) is 3. The first-order valence-electron chi connectivity index (χ1n) is 11.4. The Balaban J connectivity index is 1.56. The lowest BCUT2D eigenvalue weighted by Crippen LogP contribution is -2.36. The third kappa shape index (κ3) is 5.21. The van der Waals surface area contributed by atoms with Gasteiger partial charge in [0.15, 0.2) is 12.7 Å². The van der Waals surface area contributed by atoms with E-state index in [2.05, 4.69) is 27.8 Å². The zero-order chi connectivity index (χ0) is 26.3. The number of hydrogen-bond donors (Lipinski definition) is 0. The van der Waals surface area contributed by atoms with Crippen molar-refractivity contribution >= 4 is 51.2 Å². The first kappa shape index (κ1) is 25.6. The topological polar surface area (TPSA) is 38.4 Å². The number of aromatic nitrogens is 2. The second-order valence-electron chi connectivity index (χ2n) is 8.43. The third-order valence-electron chi connectivity index (χ3n) is 5.91. The molecule has 0 radical (unpaired) electrons. The lowest BCUT2D eigenvalue weighted by atomic mass is 10.2. The Morgan fingerprint density at radius 1 is 1.16 bits per heavy atom. The van der Waals surface area contributed by atoms with Gasteiger partial charge in [-0.1, -0.05) is 41.3 Å². The summed E-state index contributed by atoms with van der Waals surface area (Å²) in [7, 11) is 1.97. The fourth-order valence-electron chi connectivity index (χ4n) is 4.13. The summed E-state index contributed by atoms with van der Waals surface area (Å²) in [6.07, 6.45) is -1.02. The van der Waals surface area contributed by atoms with Crippen LogP contribution in [0.3, 0.4) is 0 Å². The van der Waals surface area contributed by atoms with Crippen molar-refractivity contribution in [3.63, 3.8) is 0 Å². The number of thioether (sulfide) groups is 1. The van der Waals surface area contributed by atoms with Crippen LogP contribution in [-0.2, 0) is 13.1 Å². The molecule has 2 aromatic carbocycles. The summed E-state index contributed by atoms with van der Waals surface area (Å²) in [6.45, 7) is 4.67. The van der Waals surface area contributed by atoms with Gasteiger partial charge in [0.25, 0.3) is 10.6 Å². The van der Waals surface area contributed by atoms with Crippen LogP contribution in [0.2, 0.25) is 0 Å². The maximum Gasteiger partial charge on any atom is 0.573 e. The first-order valence-corrected chi connectivity index (χ1v) is 13.9. The Labute approximate surface area is 223 Å². The van der Waals surface area contributed by atoms with Gasteiger partial charge in [-0.3, -0.25) is 9.36 Å². The lowest BCUT2D eigenvalue weighted by molar-refractivity contribution is -0.685. The molecule has 4 aromatic rings. The summed E-state index contributed by atoms with van der Waals surface area (Å²) in [5.41, 5.74) is 2.59. The zero-order valence-corrected chi connectivity index (χ0v) is 22.7. The number of para-hydroxylation sites is 1. The van der Waals surface area contributed by atoms with Crippen molar-refractivity contribution in [1.82, 2.24) is 4.57 Å². The summed E-state index contributed by atoms with van der Waals surface area (Å²) in [4.78, 5) is 16.6. The summed E-state index contributed by atoms with van der Waals surface area (Å²) in [5.74, 6) is -0.226. The molecule has 0 spiro atoms. The molecule has 5 rings (SSSR count). The standard InChI is InChI=1S/C26H23F3N3O2S3/c1-4-32-22(37-23(24(32)33)25-30(3)18-13-16(2)9-10-20(18)36-25)14-21-31(11-12-35-21)15-17-7-5-6-8-19(17)34-26(27,28)29/h5-14H,4,15H2,1-3H3/q+1/b25-23+. The minimum absolute atomic E-state index is 0.0512. The molecular weight excluding hydrogens is 540 g/mol. The highest BCUT2D eigenvalue weighted by Gasteiger charge is 2.32. The number of fused-ring (bicyclic) bond motifs is 1. The number of alkyl halides is 3. The van der Waals surface area contributed by atoms with Gasteiger partial charge >= 0.3 is 6.36 Å². The molecule has 0 amide bonds. The van der Waals surface area contributed by atoms with E-state index in [4.69, 9.17) is 0 Å². The molecular formula is C26H23F3N3O2S3+. The molecule has 2 aromatic heterocycles. The van der Waals surface area contributed by atoms with Gasteiger partial charge in [-0.25, -0.2) is 0 Å². The van der Waals surface area contributed by atoms with E-state index in [1.165, 1.54) is 34.8 Å². The number of rotatable bonds is 5. The third-order valence-corrected chi connectivity index (χ3v) is 9.24. The van der Waals surface area contributed by atoms with E-state index in [1.54, 1.807) is 28.5 Å². The van der Waals surface area contributed by atoms with E-state index in [9.17, 15) is 18.0 Å². The van der Waals surface area contributed by atoms with Gasteiger partial charge in [-0.05, 0) is 43.7 Å². The number of ether oxygens (including phenoxy) is 1. The van der Waals surface area contributed by atoms with Crippen molar-refractivity contribution in [2.24, 2.45) is 0 Å². The van der Waals surface area contributed by atoms with E-state index in [-0.39, 0.29) is 17.9 Å². The van der Waals surface area contributed by atoms with Gasteiger partial charge in [-0.2, -0.15) is 4.57 Å². The highest BCUT2D eigenvalue weighted by atomic mass is 32.2. The molecule has 5 nitrogen and oxygen atoms in total. The van der Waals surface area contributed by atoms with E-state index >= 15 is 0 Å². The fourth-order valence-corrected chi connectivity index (χ4v) is 7.43. The molecule has 0 saturated heterocycles. The molecule has 1 aliphatic rings. The summed E-state index contributed by atoms with van der Waals surface area (Å²) < 4.78 is 47.9. The summed E-state index contributed by atoms with van der Waals surface area (Å²) >= 11 is 4.47. The van der Waals surface area contributed by atoms with E-state index < -0.39 is 6.36 Å². The molecule has 0 unspecified atom stereocenters. The van der Waals surface area contributed by atoms with Crippen LogP contribution in [0.5, 0.6) is 5.75 Å². The first-order chi connectivity index (χ1) is 17.6. The normalized spacial score (nSPS) is 15.4. The largest absolute Gasteiger partial charge is 0.573 e. The average molecular weight is 563 g/mol. The number of aryl methyl sites for hydroxylation is 1. The zero-order valence-electron chi connectivity index (χ0n) is 20.2. The van der Waals surface area contributed by atoms with Crippen LogP contribution in [0.25, 0.3) is 11.1 Å². The van der Waals surface area contributed by atoms with Crippen molar-refractivity contribution in [2.45, 2.75) is 38.2 Å². The Morgan fingerprint density at radius 2 is 1.95 bits per heavy atom. The lowest BCUT2D eigenvalue weighted by Gasteiger charge is -2.12. The molecule has 0 saturated carbocycles. The van der Waals surface area contributed by atoms with Crippen LogP contribution in [0, 0.1) is 6.92 Å². The fraction of sp³-hybridized carbons (Fsp3) is 0.231. The predicted molar refractivity (Wildman–Crippen MR) is 143 cm³/mol. The molecule has 0 atom stereocenters. The highest BCUT2D eigenvalue weighted by molar-refractivity contribution is 8.08. The van der Waals surface area contributed by atoms with Gasteiger partial charge in [-0.15, -0.1) is 24.5 Å². The number of anilines is 1. The van der Waals surface area contributed by atoms with Gasteiger partial charge in [0.1, 0.15) is 20.0 Å². The Kier molecular flexibility index (Phi) is 6.95. The predicted octanol–water partition coefficient (Wildman–Crippen LogP) is 4.67. The van der Waals surface area contributed by atoms with Crippen LogP contribution in [0.15, 0.2) is 63.7 Å². The van der Waals surface area contributed by atoms with Crippen molar-refractivity contribution < 1.29 is 22.5 Å². The Bertz CT molecular complexity index is 1650. The van der Waals surface area contributed by atoms with Gasteiger partial charge < -0.3 is 9.64 Å². The van der Waals surface area contributed by atoms with Gasteiger partial charge in [0.2, 0.25) is 0 Å². The van der Waals surface area contributed by atoms with Gasteiger partial charge in [0, 0.05) is 18.5 Å². The smallest absolute Gasteiger partial charge is 0.405 e. The number of halogens is 3. The molecule has 3 heterocycles. The quantitative estimate of drug-likeness (QED) is 0.332. The molecule has 0 fully saturated rings. The molecule has 1 aliphatic heterocycles. The number of thiazole rings is 2. The van der Waals surface area contributed by atoms with E-state index in [1.807, 2.05) is 43.1 Å². The molecule has 0 aliphatic carbocycles. The van der Waals surface area contributed by atoms with Crippen molar-refractivity contribution in [3.05, 3.63) is 89.7 Å². The minimum atomic E-state index is -4.77. The molecule has 37 heavy (non-hydrogen) atoms. The number of hydrogen-bond acceptors (Lipinski definition) is 6. The maximum atomic E-state index is 13.4. The monoisotopic (exact) mass is 562 g/mol. The van der Waals surface area contributed by atoms with Crippen molar-refractivity contribution in [2.75, 3.05) is 11.9 Å². The van der Waals surface area contributed by atoms with E-state index in [0.717, 1.165) is 30.8 Å². The SMILES string of the molecule is CCn1c(=O)/c(=C2\Sc3ccc(C)cc3N2C)s/c1=C\c1scc[n+]1Cc1ccccc1OC(F)(F)F. The second kappa shape index (κ2) is 10.0. The van der Waals surface area contributed by atoms with E-state index in [0.29, 0.717) is 16.6 Å². The minimum Gasteiger partial charge on any atom is -0.405 e.